The highest BCUT2D eigenvalue weighted by atomic mass is 35.5. The third kappa shape index (κ3) is 3.39. The minimum absolute atomic E-state index is 0.0504. The minimum Gasteiger partial charge on any atom is -0.285 e. The largest absolute Gasteiger partial charge is 0.300 e. The molecule has 1 aromatic heterocycles. The number of halogens is 1. The summed E-state index contributed by atoms with van der Waals surface area (Å²) in [5.41, 5.74) is 2.24. The molecular weight excluding hydrogens is 272 g/mol. The summed E-state index contributed by atoms with van der Waals surface area (Å²) < 4.78 is 0. The normalized spacial score (nSPS) is 16.1. The summed E-state index contributed by atoms with van der Waals surface area (Å²) in [6, 6.07) is 1.21. The zero-order valence-corrected chi connectivity index (χ0v) is 10.9. The third-order valence-electron chi connectivity index (χ3n) is 2.91. The van der Waals surface area contributed by atoms with E-state index in [0.29, 0.717) is 0 Å². The molecule has 1 amide bonds. The van der Waals surface area contributed by atoms with Gasteiger partial charge in [0.1, 0.15) is 16.9 Å². The number of pyridine rings is 1. The first kappa shape index (κ1) is 13.7. The zero-order valence-electron chi connectivity index (χ0n) is 10.1. The molecule has 19 heavy (non-hydrogen) atoms. The number of carbonyl (C=O) groups is 1. The molecule has 0 spiro atoms. The number of nitrogens with zero attached hydrogens (tertiary/aromatic N) is 3. The van der Waals surface area contributed by atoms with Gasteiger partial charge in [0.25, 0.3) is 11.6 Å². The van der Waals surface area contributed by atoms with Gasteiger partial charge in [-0.1, -0.05) is 18.0 Å². The molecular formula is C11H13ClN4O3. The Morgan fingerprint density at radius 2 is 2.11 bits per heavy atom. The van der Waals surface area contributed by atoms with Gasteiger partial charge in [0.15, 0.2) is 0 Å². The van der Waals surface area contributed by atoms with E-state index in [1.54, 1.807) is 5.01 Å². The monoisotopic (exact) mass is 284 g/mol. The Kier molecular flexibility index (Phi) is 4.28. The van der Waals surface area contributed by atoms with Crippen LogP contribution in [0.1, 0.15) is 29.6 Å². The smallest absolute Gasteiger partial charge is 0.285 e. The third-order valence-corrected chi connectivity index (χ3v) is 3.11. The first-order chi connectivity index (χ1) is 9.08. The van der Waals surface area contributed by atoms with Crippen molar-refractivity contribution in [2.24, 2.45) is 0 Å². The van der Waals surface area contributed by atoms with Crippen molar-refractivity contribution in [3.63, 3.8) is 0 Å². The van der Waals surface area contributed by atoms with Crippen molar-refractivity contribution in [1.29, 1.82) is 0 Å². The Morgan fingerprint density at radius 1 is 1.42 bits per heavy atom. The van der Waals surface area contributed by atoms with E-state index in [9.17, 15) is 14.9 Å². The lowest BCUT2D eigenvalue weighted by Crippen LogP contribution is -2.45. The van der Waals surface area contributed by atoms with Crippen molar-refractivity contribution in [3.05, 3.63) is 33.1 Å². The summed E-state index contributed by atoms with van der Waals surface area (Å²) in [6.45, 7) is 1.50. The molecule has 0 aromatic carbocycles. The van der Waals surface area contributed by atoms with Crippen molar-refractivity contribution < 1.29 is 9.72 Å². The SMILES string of the molecule is O=C(NN1CCCCC1)c1cc(Cl)ncc1[N+](=O)[O-]. The number of aromatic nitrogens is 1. The number of hydrogen-bond acceptors (Lipinski definition) is 5. The predicted octanol–water partition coefficient (Wildman–Crippen LogP) is 1.77. The van der Waals surface area contributed by atoms with Crippen molar-refractivity contribution >= 4 is 23.2 Å². The second-order valence-electron chi connectivity index (χ2n) is 4.27. The number of rotatable bonds is 3. The summed E-state index contributed by atoms with van der Waals surface area (Å²) >= 11 is 5.68. The van der Waals surface area contributed by atoms with E-state index in [-0.39, 0.29) is 16.4 Å². The van der Waals surface area contributed by atoms with Gasteiger partial charge in [-0.15, -0.1) is 0 Å². The van der Waals surface area contributed by atoms with Crippen LogP contribution in [0, 0.1) is 10.1 Å². The molecule has 1 fully saturated rings. The number of nitrogens with one attached hydrogen (secondary N) is 1. The van der Waals surface area contributed by atoms with Crippen LogP contribution in [-0.2, 0) is 0 Å². The fraction of sp³-hybridized carbons (Fsp3) is 0.455. The molecule has 0 bridgehead atoms. The summed E-state index contributed by atoms with van der Waals surface area (Å²) in [5.74, 6) is -0.530. The summed E-state index contributed by atoms with van der Waals surface area (Å²) in [5, 5.41) is 12.7. The Balaban J connectivity index is 2.17. The molecule has 0 atom stereocenters. The van der Waals surface area contributed by atoms with Crippen molar-refractivity contribution in [2.75, 3.05) is 13.1 Å². The van der Waals surface area contributed by atoms with Crippen LogP contribution >= 0.6 is 11.6 Å². The molecule has 0 saturated carbocycles. The average Bonchev–Trinajstić information content (AvgIpc) is 2.39. The van der Waals surface area contributed by atoms with Crippen LogP contribution in [0.2, 0.25) is 5.15 Å². The Morgan fingerprint density at radius 3 is 2.74 bits per heavy atom. The van der Waals surface area contributed by atoms with Crippen LogP contribution in [0.3, 0.4) is 0 Å². The molecule has 1 aromatic rings. The van der Waals surface area contributed by atoms with Crippen LogP contribution in [0.15, 0.2) is 12.3 Å². The number of carbonyl (C=O) groups excluding carboxylic acids is 1. The van der Waals surface area contributed by atoms with E-state index >= 15 is 0 Å². The van der Waals surface area contributed by atoms with Gasteiger partial charge in [-0.2, -0.15) is 0 Å². The van der Waals surface area contributed by atoms with E-state index in [4.69, 9.17) is 11.6 Å². The maximum absolute atomic E-state index is 12.0. The molecule has 0 aliphatic carbocycles. The van der Waals surface area contributed by atoms with E-state index in [1.165, 1.54) is 6.07 Å². The lowest BCUT2D eigenvalue weighted by Gasteiger charge is -2.26. The standard InChI is InChI=1S/C11H13ClN4O3/c12-10-6-8(9(7-13-10)16(18)19)11(17)14-15-4-2-1-3-5-15/h6-7H,1-5H2,(H,14,17). The Hall–Kier alpha value is -1.73. The lowest BCUT2D eigenvalue weighted by molar-refractivity contribution is -0.385. The first-order valence-corrected chi connectivity index (χ1v) is 6.31. The molecule has 1 N–H and O–H groups in total. The fourth-order valence-corrected chi connectivity index (χ4v) is 2.12. The molecule has 0 radical (unpaired) electrons. The molecule has 2 rings (SSSR count). The van der Waals surface area contributed by atoms with Crippen molar-refractivity contribution in [3.8, 4) is 0 Å². The Labute approximate surface area is 114 Å². The Bertz CT molecular complexity index is 503. The second kappa shape index (κ2) is 5.94. The molecule has 0 unspecified atom stereocenters. The zero-order chi connectivity index (χ0) is 13.8. The topological polar surface area (TPSA) is 88.4 Å². The van der Waals surface area contributed by atoms with Gasteiger partial charge in [-0.3, -0.25) is 20.3 Å². The fourth-order valence-electron chi connectivity index (χ4n) is 1.96. The first-order valence-electron chi connectivity index (χ1n) is 5.94. The summed E-state index contributed by atoms with van der Waals surface area (Å²) in [6.07, 6.45) is 4.13. The number of amides is 1. The van der Waals surface area contributed by atoms with E-state index < -0.39 is 10.8 Å². The predicted molar refractivity (Wildman–Crippen MR) is 68.8 cm³/mol. The van der Waals surface area contributed by atoms with Gasteiger partial charge in [0, 0.05) is 13.1 Å². The van der Waals surface area contributed by atoms with Gasteiger partial charge in [-0.05, 0) is 18.9 Å². The molecule has 8 heteroatoms. The molecule has 2 heterocycles. The van der Waals surface area contributed by atoms with Gasteiger partial charge < -0.3 is 0 Å². The van der Waals surface area contributed by atoms with Crippen LogP contribution in [-0.4, -0.2) is 33.9 Å². The minimum atomic E-state index is -0.644. The van der Waals surface area contributed by atoms with Crippen molar-refractivity contribution in [2.45, 2.75) is 19.3 Å². The second-order valence-corrected chi connectivity index (χ2v) is 4.66. The highest BCUT2D eigenvalue weighted by molar-refractivity contribution is 6.29. The van der Waals surface area contributed by atoms with Gasteiger partial charge in [0.2, 0.25) is 0 Å². The molecule has 1 aliphatic heterocycles. The maximum atomic E-state index is 12.0. The highest BCUT2D eigenvalue weighted by Crippen LogP contribution is 2.20. The van der Waals surface area contributed by atoms with Crippen LogP contribution in [0.5, 0.6) is 0 Å². The van der Waals surface area contributed by atoms with Gasteiger partial charge >= 0.3 is 0 Å². The number of nitro groups is 1. The van der Waals surface area contributed by atoms with Crippen LogP contribution < -0.4 is 5.43 Å². The molecule has 7 nitrogen and oxygen atoms in total. The number of hydrogen-bond donors (Lipinski definition) is 1. The highest BCUT2D eigenvalue weighted by Gasteiger charge is 2.23. The van der Waals surface area contributed by atoms with E-state index in [0.717, 1.165) is 38.5 Å². The molecule has 1 aliphatic rings. The number of piperidine rings is 1. The number of hydrazine groups is 1. The van der Waals surface area contributed by atoms with Gasteiger partial charge in [-0.25, -0.2) is 9.99 Å². The summed E-state index contributed by atoms with van der Waals surface area (Å²) in [4.78, 5) is 25.9. The van der Waals surface area contributed by atoms with E-state index in [2.05, 4.69) is 10.4 Å². The van der Waals surface area contributed by atoms with E-state index in [1.807, 2.05) is 0 Å². The van der Waals surface area contributed by atoms with Gasteiger partial charge in [0.05, 0.1) is 4.92 Å². The lowest BCUT2D eigenvalue weighted by atomic mass is 10.1. The van der Waals surface area contributed by atoms with Crippen LogP contribution in [0.25, 0.3) is 0 Å². The molecule has 102 valence electrons. The average molecular weight is 285 g/mol. The van der Waals surface area contributed by atoms with Crippen LogP contribution in [0.4, 0.5) is 5.69 Å². The quantitative estimate of drug-likeness (QED) is 0.519. The summed E-state index contributed by atoms with van der Waals surface area (Å²) in [7, 11) is 0. The van der Waals surface area contributed by atoms with Crippen molar-refractivity contribution in [1.82, 2.24) is 15.4 Å². The molecule has 1 saturated heterocycles. The maximum Gasteiger partial charge on any atom is 0.300 e.